The molecule has 1 radical (unpaired) electrons. The van der Waals surface area contributed by atoms with Crippen molar-refractivity contribution in [1.82, 2.24) is 4.98 Å². The Bertz CT molecular complexity index is 862. The predicted molar refractivity (Wildman–Crippen MR) is 75.8 cm³/mol. The Morgan fingerprint density at radius 2 is 1.84 bits per heavy atom. The lowest BCUT2D eigenvalue weighted by molar-refractivity contribution is 0.670. The number of furan rings is 1. The monoisotopic (exact) mass is 244 g/mol. The molecule has 19 heavy (non-hydrogen) atoms. The van der Waals surface area contributed by atoms with E-state index in [9.17, 15) is 0 Å². The molecule has 2 aromatic carbocycles. The number of benzene rings is 2. The van der Waals surface area contributed by atoms with Gasteiger partial charge < -0.3 is 4.42 Å². The van der Waals surface area contributed by atoms with E-state index in [-0.39, 0.29) is 0 Å². The molecule has 4 rings (SSSR count). The molecular formula is C17H10NO. The van der Waals surface area contributed by atoms with Crippen molar-refractivity contribution in [2.75, 3.05) is 0 Å². The maximum Gasteiger partial charge on any atom is 0.143 e. The molecule has 0 bridgehead atoms. The second-order valence-corrected chi connectivity index (χ2v) is 4.43. The van der Waals surface area contributed by atoms with Crippen LogP contribution in [0.5, 0.6) is 0 Å². The van der Waals surface area contributed by atoms with Crippen molar-refractivity contribution in [3.63, 3.8) is 0 Å². The Morgan fingerprint density at radius 1 is 0.947 bits per heavy atom. The fraction of sp³-hybridized carbons (Fsp3) is 0. The summed E-state index contributed by atoms with van der Waals surface area (Å²) < 4.78 is 5.99. The van der Waals surface area contributed by atoms with E-state index >= 15 is 0 Å². The van der Waals surface area contributed by atoms with Gasteiger partial charge in [-0.1, -0.05) is 30.3 Å². The highest BCUT2D eigenvalue weighted by molar-refractivity contribution is 6.09. The molecule has 2 heterocycles. The first-order chi connectivity index (χ1) is 9.43. The second kappa shape index (κ2) is 3.95. The summed E-state index contributed by atoms with van der Waals surface area (Å²) in [6.07, 6.45) is 3.59. The summed E-state index contributed by atoms with van der Waals surface area (Å²) >= 11 is 0. The smallest absolute Gasteiger partial charge is 0.143 e. The number of pyridine rings is 1. The van der Waals surface area contributed by atoms with Crippen LogP contribution in [-0.2, 0) is 0 Å². The SMILES string of the molecule is [c]1cccc2oc3c(-c4ccncc4)cccc3c12. The molecule has 0 saturated carbocycles. The van der Waals surface area contributed by atoms with Gasteiger partial charge in [0.05, 0.1) is 0 Å². The largest absolute Gasteiger partial charge is 0.455 e. The summed E-state index contributed by atoms with van der Waals surface area (Å²) in [5.41, 5.74) is 3.98. The van der Waals surface area contributed by atoms with Crippen molar-refractivity contribution < 1.29 is 4.42 Å². The normalized spacial score (nSPS) is 11.2. The third-order valence-electron chi connectivity index (χ3n) is 3.31. The molecule has 89 valence electrons. The van der Waals surface area contributed by atoms with E-state index in [1.165, 1.54) is 0 Å². The van der Waals surface area contributed by atoms with Crippen LogP contribution in [0.1, 0.15) is 0 Å². The molecule has 0 unspecified atom stereocenters. The minimum absolute atomic E-state index is 0.874. The Kier molecular flexibility index (Phi) is 2.15. The van der Waals surface area contributed by atoms with Crippen LogP contribution >= 0.6 is 0 Å². The zero-order chi connectivity index (χ0) is 12.7. The first kappa shape index (κ1) is 10.3. The lowest BCUT2D eigenvalue weighted by atomic mass is 10.0. The second-order valence-electron chi connectivity index (χ2n) is 4.43. The van der Waals surface area contributed by atoms with Crippen LogP contribution in [-0.4, -0.2) is 4.98 Å². The molecule has 2 nitrogen and oxygen atoms in total. The quantitative estimate of drug-likeness (QED) is 0.494. The Balaban J connectivity index is 2.13. The van der Waals surface area contributed by atoms with E-state index in [4.69, 9.17) is 4.42 Å². The first-order valence-corrected chi connectivity index (χ1v) is 6.16. The van der Waals surface area contributed by atoms with Gasteiger partial charge >= 0.3 is 0 Å². The number of nitrogens with zero attached hydrogens (tertiary/aromatic N) is 1. The number of para-hydroxylation sites is 1. The maximum absolute atomic E-state index is 5.99. The van der Waals surface area contributed by atoms with Gasteiger partial charge in [0.2, 0.25) is 0 Å². The molecule has 0 fully saturated rings. The molecule has 0 saturated heterocycles. The van der Waals surface area contributed by atoms with Gasteiger partial charge in [-0.2, -0.15) is 0 Å². The molecule has 2 heteroatoms. The summed E-state index contributed by atoms with van der Waals surface area (Å²) in [5.74, 6) is 0. The Morgan fingerprint density at radius 3 is 2.74 bits per heavy atom. The average molecular weight is 244 g/mol. The van der Waals surface area contributed by atoms with Gasteiger partial charge in [0.25, 0.3) is 0 Å². The van der Waals surface area contributed by atoms with Crippen LogP contribution in [0.2, 0.25) is 0 Å². The summed E-state index contributed by atoms with van der Waals surface area (Å²) in [4.78, 5) is 4.06. The average Bonchev–Trinajstić information content (AvgIpc) is 2.87. The molecular weight excluding hydrogens is 234 g/mol. The Labute approximate surface area is 110 Å². The third kappa shape index (κ3) is 1.54. The molecule has 4 aromatic rings. The van der Waals surface area contributed by atoms with E-state index in [0.717, 1.165) is 33.1 Å². The van der Waals surface area contributed by atoms with Crippen molar-refractivity contribution in [2.24, 2.45) is 0 Å². The van der Waals surface area contributed by atoms with E-state index in [2.05, 4.69) is 23.2 Å². The number of hydrogen-bond acceptors (Lipinski definition) is 2. The number of rotatable bonds is 1. The summed E-state index contributed by atoms with van der Waals surface area (Å²) in [7, 11) is 0. The van der Waals surface area contributed by atoms with Crippen LogP contribution in [0.4, 0.5) is 0 Å². The van der Waals surface area contributed by atoms with Crippen LogP contribution < -0.4 is 0 Å². The highest BCUT2D eigenvalue weighted by atomic mass is 16.3. The molecule has 0 spiro atoms. The minimum Gasteiger partial charge on any atom is -0.455 e. The number of aromatic nitrogens is 1. The van der Waals surface area contributed by atoms with E-state index in [1.54, 1.807) is 12.4 Å². The topological polar surface area (TPSA) is 26.0 Å². The number of hydrogen-bond donors (Lipinski definition) is 0. The van der Waals surface area contributed by atoms with Gasteiger partial charge in [-0.3, -0.25) is 4.98 Å². The molecule has 0 aliphatic heterocycles. The third-order valence-corrected chi connectivity index (χ3v) is 3.31. The molecule has 0 aliphatic rings. The van der Waals surface area contributed by atoms with Gasteiger partial charge in [-0.05, 0) is 29.8 Å². The van der Waals surface area contributed by atoms with Crippen LogP contribution in [0.15, 0.2) is 65.3 Å². The lowest BCUT2D eigenvalue weighted by Crippen LogP contribution is -1.78. The van der Waals surface area contributed by atoms with Crippen molar-refractivity contribution in [3.8, 4) is 11.1 Å². The molecule has 0 aliphatic carbocycles. The van der Waals surface area contributed by atoms with E-state index in [1.807, 2.05) is 36.4 Å². The standard InChI is InChI=1S/C17H10NO/c1-2-7-16-14(4-1)15-6-3-5-13(17(15)19-16)12-8-10-18-11-9-12/h1-3,5-11H. The lowest BCUT2D eigenvalue weighted by Gasteiger charge is -2.01. The fourth-order valence-corrected chi connectivity index (χ4v) is 2.43. The van der Waals surface area contributed by atoms with Gasteiger partial charge in [0.15, 0.2) is 0 Å². The summed E-state index contributed by atoms with van der Waals surface area (Å²) in [6.45, 7) is 0. The minimum atomic E-state index is 0.874. The van der Waals surface area contributed by atoms with Gasteiger partial charge in [0.1, 0.15) is 11.2 Å². The van der Waals surface area contributed by atoms with E-state index < -0.39 is 0 Å². The van der Waals surface area contributed by atoms with Gasteiger partial charge in [-0.15, -0.1) is 0 Å². The van der Waals surface area contributed by atoms with Gasteiger partial charge in [0, 0.05) is 28.7 Å². The number of fused-ring (bicyclic) bond motifs is 3. The molecule has 2 aromatic heterocycles. The predicted octanol–water partition coefficient (Wildman–Crippen LogP) is 4.45. The van der Waals surface area contributed by atoms with Crippen LogP contribution in [0.25, 0.3) is 33.1 Å². The highest BCUT2D eigenvalue weighted by Gasteiger charge is 2.11. The summed E-state index contributed by atoms with van der Waals surface area (Å²) in [5, 5.41) is 2.14. The van der Waals surface area contributed by atoms with Gasteiger partial charge in [-0.25, -0.2) is 0 Å². The van der Waals surface area contributed by atoms with Crippen molar-refractivity contribution >= 4 is 21.9 Å². The molecule has 0 N–H and O–H groups in total. The first-order valence-electron chi connectivity index (χ1n) is 6.16. The zero-order valence-corrected chi connectivity index (χ0v) is 10.1. The fourth-order valence-electron chi connectivity index (χ4n) is 2.43. The van der Waals surface area contributed by atoms with Crippen molar-refractivity contribution in [2.45, 2.75) is 0 Å². The maximum atomic E-state index is 5.99. The zero-order valence-electron chi connectivity index (χ0n) is 10.1. The summed E-state index contributed by atoms with van der Waals surface area (Å²) in [6, 6.07) is 19.2. The molecule has 0 amide bonds. The van der Waals surface area contributed by atoms with Crippen molar-refractivity contribution in [3.05, 3.63) is 67.0 Å². The van der Waals surface area contributed by atoms with Crippen LogP contribution in [0.3, 0.4) is 0 Å². The molecule has 0 atom stereocenters. The van der Waals surface area contributed by atoms with Crippen molar-refractivity contribution in [1.29, 1.82) is 0 Å². The van der Waals surface area contributed by atoms with Crippen LogP contribution in [0, 0.1) is 6.07 Å². The highest BCUT2D eigenvalue weighted by Crippen LogP contribution is 2.34. The Hall–Kier alpha value is -2.61. The van der Waals surface area contributed by atoms with E-state index in [0.29, 0.717) is 0 Å².